The topological polar surface area (TPSA) is 116 Å². The maximum atomic E-state index is 12.4. The fourth-order valence-corrected chi connectivity index (χ4v) is 3.94. The van der Waals surface area contributed by atoms with Crippen molar-refractivity contribution in [1.82, 2.24) is 4.72 Å². The van der Waals surface area contributed by atoms with Crippen molar-refractivity contribution < 1.29 is 22.9 Å². The number of ether oxygens (including phenoxy) is 1. The molecular weight excluding hydrogens is 384 g/mol. The summed E-state index contributed by atoms with van der Waals surface area (Å²) in [5, 5.41) is 10.8. The van der Waals surface area contributed by atoms with E-state index in [-0.39, 0.29) is 23.5 Å². The van der Waals surface area contributed by atoms with Crippen molar-refractivity contribution in [3.63, 3.8) is 0 Å². The second-order valence-electron chi connectivity index (χ2n) is 6.40. The van der Waals surface area contributed by atoms with Crippen molar-refractivity contribution >= 4 is 21.7 Å². The van der Waals surface area contributed by atoms with Gasteiger partial charge in [0, 0.05) is 18.7 Å². The lowest BCUT2D eigenvalue weighted by Gasteiger charge is -2.14. The Bertz CT molecular complexity index is 988. The molecule has 28 heavy (non-hydrogen) atoms. The van der Waals surface area contributed by atoms with Crippen LogP contribution in [0.25, 0.3) is 0 Å². The molecule has 1 atom stereocenters. The Balaban J connectivity index is 1.92. The van der Waals surface area contributed by atoms with Gasteiger partial charge < -0.3 is 4.74 Å². The number of carbonyl (C=O) groups is 1. The summed E-state index contributed by atoms with van der Waals surface area (Å²) in [5.41, 5.74) is 1.82. The van der Waals surface area contributed by atoms with Gasteiger partial charge in [0.1, 0.15) is 6.10 Å². The highest BCUT2D eigenvalue weighted by Crippen LogP contribution is 2.22. The molecule has 0 spiro atoms. The minimum atomic E-state index is -3.74. The Hall–Kier alpha value is -2.78. The molecule has 0 unspecified atom stereocenters. The number of nitrogens with zero attached hydrogens (tertiary/aromatic N) is 1. The molecule has 0 fully saturated rings. The molecule has 2 rings (SSSR count). The van der Waals surface area contributed by atoms with Crippen LogP contribution in [0.1, 0.15) is 36.1 Å². The number of carbonyl (C=O) groups excluding carboxylic acids is 1. The Labute approximate surface area is 163 Å². The van der Waals surface area contributed by atoms with Crippen LogP contribution in [-0.2, 0) is 19.6 Å². The molecule has 0 aliphatic heterocycles. The highest BCUT2D eigenvalue weighted by molar-refractivity contribution is 7.89. The molecule has 0 radical (unpaired) electrons. The van der Waals surface area contributed by atoms with E-state index in [2.05, 4.69) is 4.72 Å². The number of nitro groups is 1. The molecule has 9 heteroatoms. The number of aryl methyl sites for hydroxylation is 2. The minimum Gasteiger partial charge on any atom is -0.458 e. The summed E-state index contributed by atoms with van der Waals surface area (Å²) in [7, 11) is -3.74. The van der Waals surface area contributed by atoms with Crippen molar-refractivity contribution in [3.05, 3.63) is 69.3 Å². The van der Waals surface area contributed by atoms with Gasteiger partial charge in [-0.3, -0.25) is 14.9 Å². The monoisotopic (exact) mass is 406 g/mol. The van der Waals surface area contributed by atoms with Gasteiger partial charge in [0.05, 0.1) is 16.2 Å². The van der Waals surface area contributed by atoms with Gasteiger partial charge in [0.2, 0.25) is 10.0 Å². The fraction of sp³-hybridized carbons (Fsp3) is 0.316. The Morgan fingerprint density at radius 2 is 1.93 bits per heavy atom. The average molecular weight is 406 g/mol. The number of hydrogen-bond acceptors (Lipinski definition) is 6. The Morgan fingerprint density at radius 1 is 1.21 bits per heavy atom. The number of esters is 1. The maximum absolute atomic E-state index is 12.4. The fourth-order valence-electron chi connectivity index (χ4n) is 2.58. The van der Waals surface area contributed by atoms with Gasteiger partial charge in [-0.1, -0.05) is 24.3 Å². The van der Waals surface area contributed by atoms with Crippen LogP contribution < -0.4 is 4.72 Å². The van der Waals surface area contributed by atoms with Crippen molar-refractivity contribution in [2.75, 3.05) is 6.54 Å². The lowest BCUT2D eigenvalue weighted by atomic mass is 10.1. The maximum Gasteiger partial charge on any atom is 0.307 e. The number of nitrogens with one attached hydrogen (secondary N) is 1. The van der Waals surface area contributed by atoms with Gasteiger partial charge in [0.15, 0.2) is 0 Å². The quantitative estimate of drug-likeness (QED) is 0.409. The smallest absolute Gasteiger partial charge is 0.307 e. The van der Waals surface area contributed by atoms with Gasteiger partial charge in [-0.2, -0.15) is 0 Å². The van der Waals surface area contributed by atoms with E-state index in [0.717, 1.165) is 5.56 Å². The molecule has 0 bridgehead atoms. The molecule has 8 nitrogen and oxygen atoms in total. The van der Waals surface area contributed by atoms with Crippen molar-refractivity contribution in [3.8, 4) is 0 Å². The summed E-state index contributed by atoms with van der Waals surface area (Å²) < 4.78 is 32.4. The van der Waals surface area contributed by atoms with E-state index in [1.807, 2.05) is 6.07 Å². The third kappa shape index (κ3) is 5.61. The van der Waals surface area contributed by atoms with Gasteiger partial charge in [0.25, 0.3) is 5.69 Å². The van der Waals surface area contributed by atoms with Crippen LogP contribution in [-0.4, -0.2) is 25.9 Å². The molecule has 0 aliphatic rings. The number of hydrogen-bond donors (Lipinski definition) is 1. The van der Waals surface area contributed by atoms with E-state index in [0.29, 0.717) is 11.1 Å². The lowest BCUT2D eigenvalue weighted by molar-refractivity contribution is -0.385. The third-order valence-electron chi connectivity index (χ3n) is 4.11. The second-order valence-corrected chi connectivity index (χ2v) is 8.14. The van der Waals surface area contributed by atoms with Crippen LogP contribution >= 0.6 is 0 Å². The van der Waals surface area contributed by atoms with Crippen LogP contribution in [0.15, 0.2) is 47.4 Å². The van der Waals surface area contributed by atoms with Gasteiger partial charge in [-0.15, -0.1) is 0 Å². The largest absolute Gasteiger partial charge is 0.458 e. The molecule has 0 aromatic heterocycles. The number of benzene rings is 2. The van der Waals surface area contributed by atoms with Crippen LogP contribution in [0.2, 0.25) is 0 Å². The number of sulfonamides is 1. The molecule has 0 heterocycles. The summed E-state index contributed by atoms with van der Waals surface area (Å²) in [6.45, 7) is 4.97. The van der Waals surface area contributed by atoms with Gasteiger partial charge >= 0.3 is 5.97 Å². The first kappa shape index (κ1) is 21.5. The molecule has 2 aromatic carbocycles. The second kappa shape index (κ2) is 8.94. The summed E-state index contributed by atoms with van der Waals surface area (Å²) in [6.07, 6.45) is -0.855. The lowest BCUT2D eigenvalue weighted by Crippen LogP contribution is -2.27. The normalized spacial score (nSPS) is 12.4. The summed E-state index contributed by atoms with van der Waals surface area (Å²) >= 11 is 0. The summed E-state index contributed by atoms with van der Waals surface area (Å²) in [4.78, 5) is 22.5. The van der Waals surface area contributed by atoms with Gasteiger partial charge in [-0.25, -0.2) is 13.1 Å². The predicted octanol–water partition coefficient (Wildman–Crippen LogP) is 3.18. The molecule has 0 amide bonds. The third-order valence-corrected chi connectivity index (χ3v) is 5.72. The van der Waals surface area contributed by atoms with Crippen LogP contribution in [0, 0.1) is 24.0 Å². The van der Waals surface area contributed by atoms with Crippen LogP contribution in [0.3, 0.4) is 0 Å². The highest BCUT2D eigenvalue weighted by atomic mass is 32.2. The van der Waals surface area contributed by atoms with E-state index in [1.54, 1.807) is 39.0 Å². The number of rotatable bonds is 8. The minimum absolute atomic E-state index is 0.0957. The van der Waals surface area contributed by atoms with E-state index < -0.39 is 27.0 Å². The standard InChI is InChI=1S/C19H22N2O6S/c1-13-7-8-14(2)18(11-13)28(25,26)20-10-9-19(22)27-15(3)16-5-4-6-17(12-16)21(23)24/h4-8,11-12,15,20H,9-10H2,1-3H3/t15-/m0/s1. The van der Waals surface area contributed by atoms with Crippen LogP contribution in [0.5, 0.6) is 0 Å². The van der Waals surface area contributed by atoms with E-state index in [9.17, 15) is 23.3 Å². The van der Waals surface area contributed by atoms with Crippen molar-refractivity contribution in [2.24, 2.45) is 0 Å². The molecule has 150 valence electrons. The first-order valence-corrected chi connectivity index (χ1v) is 10.1. The SMILES string of the molecule is Cc1ccc(C)c(S(=O)(=O)NCCC(=O)O[C@@H](C)c2cccc([N+](=O)[O-])c2)c1. The number of non-ortho nitro benzene ring substituents is 1. The molecule has 2 aromatic rings. The van der Waals surface area contributed by atoms with E-state index in [4.69, 9.17) is 4.74 Å². The molecular formula is C19H22N2O6S. The predicted molar refractivity (Wildman–Crippen MR) is 103 cm³/mol. The van der Waals surface area contributed by atoms with Crippen molar-refractivity contribution in [2.45, 2.75) is 38.2 Å². The van der Waals surface area contributed by atoms with Gasteiger partial charge in [-0.05, 0) is 43.5 Å². The first-order chi connectivity index (χ1) is 13.1. The van der Waals surface area contributed by atoms with E-state index in [1.165, 1.54) is 18.2 Å². The first-order valence-electron chi connectivity index (χ1n) is 8.61. The molecule has 0 saturated heterocycles. The Kier molecular flexibility index (Phi) is 6.87. The molecule has 0 aliphatic carbocycles. The zero-order chi connectivity index (χ0) is 20.9. The molecule has 1 N–H and O–H groups in total. The highest BCUT2D eigenvalue weighted by Gasteiger charge is 2.19. The average Bonchev–Trinajstić information content (AvgIpc) is 2.63. The zero-order valence-corrected chi connectivity index (χ0v) is 16.7. The van der Waals surface area contributed by atoms with Crippen LogP contribution in [0.4, 0.5) is 5.69 Å². The van der Waals surface area contributed by atoms with Crippen molar-refractivity contribution in [1.29, 1.82) is 0 Å². The Morgan fingerprint density at radius 3 is 2.61 bits per heavy atom. The number of nitro benzene ring substituents is 1. The summed E-state index contributed by atoms with van der Waals surface area (Å²) in [5.74, 6) is -0.609. The summed E-state index contributed by atoms with van der Waals surface area (Å²) in [6, 6.07) is 10.9. The molecule has 0 saturated carbocycles. The van der Waals surface area contributed by atoms with E-state index >= 15 is 0 Å². The zero-order valence-electron chi connectivity index (χ0n) is 15.8.